The highest BCUT2D eigenvalue weighted by atomic mass is 16.5. The summed E-state index contributed by atoms with van der Waals surface area (Å²) in [4.78, 5) is 28.5. The summed E-state index contributed by atoms with van der Waals surface area (Å²) in [7, 11) is 4.12. The molecule has 1 heterocycles. The molecule has 2 aromatic carbocycles. The van der Waals surface area contributed by atoms with Crippen LogP contribution in [0.1, 0.15) is 68.8 Å². The Bertz CT molecular complexity index is 1470. The lowest BCUT2D eigenvalue weighted by atomic mass is 9.92. The highest BCUT2D eigenvalue weighted by Gasteiger charge is 2.24. The number of carbonyl (C=O) groups excluding carboxylic acids is 2. The molecule has 1 aromatic heterocycles. The molecule has 0 radical (unpaired) electrons. The predicted molar refractivity (Wildman–Crippen MR) is 160 cm³/mol. The van der Waals surface area contributed by atoms with Gasteiger partial charge in [0.05, 0.1) is 29.9 Å². The van der Waals surface area contributed by atoms with Crippen molar-refractivity contribution in [2.75, 3.05) is 33.8 Å². The predicted octanol–water partition coefficient (Wildman–Crippen LogP) is 6.11. The molecule has 7 heteroatoms. The van der Waals surface area contributed by atoms with Crippen molar-refractivity contribution in [1.29, 1.82) is 0 Å². The molecule has 1 fully saturated rings. The van der Waals surface area contributed by atoms with Crippen molar-refractivity contribution in [2.24, 2.45) is 0 Å². The van der Waals surface area contributed by atoms with Gasteiger partial charge in [0.25, 0.3) is 5.91 Å². The lowest BCUT2D eigenvalue weighted by Crippen LogP contribution is -2.29. The first-order valence-electron chi connectivity index (χ1n) is 14.4. The Morgan fingerprint density at radius 3 is 2.67 bits per heavy atom. The van der Waals surface area contributed by atoms with E-state index in [9.17, 15) is 9.59 Å². The van der Waals surface area contributed by atoms with Crippen LogP contribution in [-0.2, 0) is 4.79 Å². The first-order valence-corrected chi connectivity index (χ1v) is 14.4. The van der Waals surface area contributed by atoms with Gasteiger partial charge in [0.1, 0.15) is 5.75 Å². The van der Waals surface area contributed by atoms with Crippen molar-refractivity contribution in [3.05, 3.63) is 71.0 Å². The molecule has 0 atom stereocenters. The van der Waals surface area contributed by atoms with Gasteiger partial charge in [-0.15, -0.1) is 0 Å². The van der Waals surface area contributed by atoms with Gasteiger partial charge in [0.2, 0.25) is 0 Å². The number of benzene rings is 2. The van der Waals surface area contributed by atoms with Gasteiger partial charge >= 0.3 is 0 Å². The number of aromatic nitrogens is 2. The molecule has 0 spiro atoms. The van der Waals surface area contributed by atoms with Gasteiger partial charge < -0.3 is 15.0 Å². The molecule has 3 aromatic rings. The van der Waals surface area contributed by atoms with Crippen LogP contribution in [-0.4, -0.2) is 60.2 Å². The van der Waals surface area contributed by atoms with E-state index in [1.807, 2.05) is 50.4 Å². The summed E-state index contributed by atoms with van der Waals surface area (Å²) < 4.78 is 8.15. The van der Waals surface area contributed by atoms with Crippen LogP contribution in [0.15, 0.2) is 65.4 Å². The van der Waals surface area contributed by atoms with Crippen molar-refractivity contribution in [1.82, 2.24) is 20.0 Å². The average molecular weight is 541 g/mol. The summed E-state index contributed by atoms with van der Waals surface area (Å²) in [6.07, 6.45) is 9.79. The Hall–Kier alpha value is -3.71. The third-order valence-electron chi connectivity index (χ3n) is 7.96. The molecule has 40 heavy (non-hydrogen) atoms. The minimum Gasteiger partial charge on any atom is -0.494 e. The number of Topliss-reactive ketones (excluding diaryl/α,β-unsaturated/α-hetero) is 1. The Morgan fingerprint density at radius 2 is 1.93 bits per heavy atom. The van der Waals surface area contributed by atoms with Crippen molar-refractivity contribution in [3.63, 3.8) is 0 Å². The zero-order valence-corrected chi connectivity index (χ0v) is 24.1. The van der Waals surface area contributed by atoms with Crippen LogP contribution in [0.4, 0.5) is 0 Å². The van der Waals surface area contributed by atoms with Crippen molar-refractivity contribution >= 4 is 22.6 Å². The van der Waals surface area contributed by atoms with Crippen molar-refractivity contribution in [3.8, 4) is 16.9 Å². The number of hydrogen-bond acceptors (Lipinski definition) is 5. The normalized spacial score (nSPS) is 16.2. The Labute approximate surface area is 236 Å². The summed E-state index contributed by atoms with van der Waals surface area (Å²) >= 11 is 0. The number of nitrogens with one attached hydrogen (secondary N) is 1. The van der Waals surface area contributed by atoms with Crippen molar-refractivity contribution < 1.29 is 14.3 Å². The fourth-order valence-electron chi connectivity index (χ4n) is 5.87. The van der Waals surface area contributed by atoms with Gasteiger partial charge in [0.15, 0.2) is 5.78 Å². The number of amides is 1. The highest BCUT2D eigenvalue weighted by Crippen LogP contribution is 2.35. The van der Waals surface area contributed by atoms with Crippen LogP contribution in [0.3, 0.4) is 0 Å². The maximum Gasteiger partial charge on any atom is 0.252 e. The molecule has 1 amide bonds. The van der Waals surface area contributed by atoms with E-state index >= 15 is 0 Å². The Kier molecular flexibility index (Phi) is 8.50. The highest BCUT2D eigenvalue weighted by molar-refractivity contribution is 6.09. The minimum absolute atomic E-state index is 0.0770. The van der Waals surface area contributed by atoms with E-state index in [4.69, 9.17) is 9.84 Å². The number of fused-ring (bicyclic) bond motifs is 1. The van der Waals surface area contributed by atoms with E-state index in [-0.39, 0.29) is 18.2 Å². The SMILES string of the molecule is CC1=CC(C)=C(CNC(=O)c2cc(-c3cccc(OCCCN(C)C)c3)cc3c2cnn3C2CCCC2)C(=O)C1. The topological polar surface area (TPSA) is 76.5 Å². The molecule has 1 saturated carbocycles. The molecular formula is C33H40N4O3. The van der Waals surface area contributed by atoms with Crippen LogP contribution in [0, 0.1) is 0 Å². The quantitative estimate of drug-likeness (QED) is 0.314. The Balaban J connectivity index is 1.47. The number of rotatable bonds is 10. The van der Waals surface area contributed by atoms with Crippen LogP contribution in [0.2, 0.25) is 0 Å². The molecule has 0 aliphatic heterocycles. The fraction of sp³-hybridized carbons (Fsp3) is 0.424. The largest absolute Gasteiger partial charge is 0.494 e. The van der Waals surface area contributed by atoms with Gasteiger partial charge in [-0.3, -0.25) is 14.3 Å². The third-order valence-corrected chi connectivity index (χ3v) is 7.96. The van der Waals surface area contributed by atoms with E-state index in [0.717, 1.165) is 64.7 Å². The zero-order chi connectivity index (χ0) is 28.2. The smallest absolute Gasteiger partial charge is 0.252 e. The number of ketones is 1. The molecule has 2 aliphatic carbocycles. The molecule has 2 aliphatic rings. The van der Waals surface area contributed by atoms with Crippen LogP contribution >= 0.6 is 0 Å². The number of nitrogens with zero attached hydrogens (tertiary/aromatic N) is 3. The summed E-state index contributed by atoms with van der Waals surface area (Å²) in [5.74, 6) is 0.690. The van der Waals surface area contributed by atoms with Gasteiger partial charge in [-0.2, -0.15) is 5.10 Å². The molecule has 0 saturated heterocycles. The van der Waals surface area contributed by atoms with E-state index in [2.05, 4.69) is 41.1 Å². The average Bonchev–Trinajstić information content (AvgIpc) is 3.60. The maximum atomic E-state index is 13.7. The third kappa shape index (κ3) is 6.20. The lowest BCUT2D eigenvalue weighted by Gasteiger charge is -2.17. The standard InChI is InChI=1S/C33H40N4O3/c1-22-15-23(2)29(32(38)16-22)20-34-33(39)28-18-25(19-31-30(28)21-35-37(31)26-10-5-6-11-26)24-9-7-12-27(17-24)40-14-8-13-36(3)4/h7,9,12,15,17-19,21,26H,5-6,8,10-11,13-14,16,20H2,1-4H3,(H,34,39). The number of allylic oxidation sites excluding steroid dienone is 3. The number of ether oxygens (including phenoxy) is 1. The summed E-state index contributed by atoms with van der Waals surface area (Å²) in [5, 5.41) is 8.63. The van der Waals surface area contributed by atoms with E-state index in [1.165, 1.54) is 12.8 Å². The van der Waals surface area contributed by atoms with Gasteiger partial charge in [-0.25, -0.2) is 0 Å². The second-order valence-electron chi connectivity index (χ2n) is 11.5. The molecule has 5 rings (SSSR count). The monoisotopic (exact) mass is 540 g/mol. The molecule has 0 bridgehead atoms. The molecular weight excluding hydrogens is 500 g/mol. The summed E-state index contributed by atoms with van der Waals surface area (Å²) in [5.41, 5.74) is 6.12. The minimum atomic E-state index is -0.201. The van der Waals surface area contributed by atoms with Gasteiger partial charge in [0, 0.05) is 30.5 Å². The first-order chi connectivity index (χ1) is 19.3. The summed E-state index contributed by atoms with van der Waals surface area (Å²) in [6.45, 7) is 5.72. The van der Waals surface area contributed by atoms with Crippen LogP contribution in [0.25, 0.3) is 22.0 Å². The van der Waals surface area contributed by atoms with Crippen LogP contribution in [0.5, 0.6) is 5.75 Å². The van der Waals surface area contributed by atoms with Crippen molar-refractivity contribution in [2.45, 2.75) is 58.4 Å². The molecule has 0 unspecified atom stereocenters. The maximum absolute atomic E-state index is 13.7. The summed E-state index contributed by atoms with van der Waals surface area (Å²) in [6, 6.07) is 12.5. The molecule has 1 N–H and O–H groups in total. The molecule has 7 nitrogen and oxygen atoms in total. The van der Waals surface area contributed by atoms with Gasteiger partial charge in [-0.05, 0) is 88.2 Å². The Morgan fingerprint density at radius 1 is 1.12 bits per heavy atom. The second-order valence-corrected chi connectivity index (χ2v) is 11.5. The first kappa shape index (κ1) is 27.8. The fourth-order valence-corrected chi connectivity index (χ4v) is 5.87. The molecule has 210 valence electrons. The second kappa shape index (κ2) is 12.2. The lowest BCUT2D eigenvalue weighted by molar-refractivity contribution is -0.115. The number of hydrogen-bond donors (Lipinski definition) is 1. The zero-order valence-electron chi connectivity index (χ0n) is 24.1. The number of carbonyl (C=O) groups is 2. The van der Waals surface area contributed by atoms with E-state index in [0.29, 0.717) is 30.2 Å². The van der Waals surface area contributed by atoms with Gasteiger partial charge in [-0.1, -0.05) is 36.6 Å². The van der Waals surface area contributed by atoms with E-state index in [1.54, 1.807) is 0 Å². The van der Waals surface area contributed by atoms with Crippen LogP contribution < -0.4 is 10.1 Å². The van der Waals surface area contributed by atoms with E-state index < -0.39 is 0 Å².